The summed E-state index contributed by atoms with van der Waals surface area (Å²) in [4.78, 5) is 12.5. The summed E-state index contributed by atoms with van der Waals surface area (Å²) in [6.07, 6.45) is 0.686. The lowest BCUT2D eigenvalue weighted by Crippen LogP contribution is -2.16. The van der Waals surface area contributed by atoms with Gasteiger partial charge in [0.15, 0.2) is 15.6 Å². The van der Waals surface area contributed by atoms with Crippen LogP contribution < -0.4 is 0 Å². The van der Waals surface area contributed by atoms with Gasteiger partial charge in [-0.1, -0.05) is 42.0 Å². The first-order chi connectivity index (χ1) is 11.2. The molecular formula is C18H16Cl2O3S. The second kappa shape index (κ2) is 6.17. The number of rotatable bonds is 5. The Balaban J connectivity index is 1.74. The molecule has 3 nitrogen and oxygen atoms in total. The van der Waals surface area contributed by atoms with E-state index in [9.17, 15) is 13.2 Å². The van der Waals surface area contributed by atoms with Crippen molar-refractivity contribution in [2.75, 3.05) is 5.75 Å². The van der Waals surface area contributed by atoms with Crippen LogP contribution in [0.3, 0.4) is 0 Å². The number of sulfone groups is 1. The molecule has 0 unspecified atom stereocenters. The molecule has 1 atom stereocenters. The molecule has 1 fully saturated rings. The van der Waals surface area contributed by atoms with E-state index < -0.39 is 25.7 Å². The van der Waals surface area contributed by atoms with E-state index >= 15 is 0 Å². The summed E-state index contributed by atoms with van der Waals surface area (Å²) < 4.78 is 24.0. The Bertz CT molecular complexity index is 869. The van der Waals surface area contributed by atoms with Gasteiger partial charge in [0.2, 0.25) is 0 Å². The van der Waals surface area contributed by atoms with E-state index in [4.69, 9.17) is 23.2 Å². The Morgan fingerprint density at radius 3 is 2.12 bits per heavy atom. The van der Waals surface area contributed by atoms with Gasteiger partial charge in [-0.05, 0) is 31.0 Å². The topological polar surface area (TPSA) is 51.2 Å². The molecule has 0 saturated heterocycles. The highest BCUT2D eigenvalue weighted by molar-refractivity contribution is 7.92. The summed E-state index contributed by atoms with van der Waals surface area (Å²) in [5.41, 5.74) is 2.29. The minimum absolute atomic E-state index is 0.0706. The number of carbonyl (C=O) groups is 1. The van der Waals surface area contributed by atoms with Crippen LogP contribution in [-0.2, 0) is 9.84 Å². The number of halogens is 2. The van der Waals surface area contributed by atoms with Gasteiger partial charge in [-0.2, -0.15) is 0 Å². The molecule has 0 bridgehead atoms. The highest BCUT2D eigenvalue weighted by Gasteiger charge is 2.52. The molecule has 6 heteroatoms. The third-order valence-corrected chi connectivity index (χ3v) is 6.63. The van der Waals surface area contributed by atoms with E-state index in [0.29, 0.717) is 12.0 Å². The third kappa shape index (κ3) is 3.66. The van der Waals surface area contributed by atoms with Crippen molar-refractivity contribution in [2.24, 2.45) is 0 Å². The van der Waals surface area contributed by atoms with E-state index in [1.54, 1.807) is 36.4 Å². The minimum Gasteiger partial charge on any atom is -0.293 e. The number of hydrogen-bond acceptors (Lipinski definition) is 3. The number of alkyl halides is 2. The van der Waals surface area contributed by atoms with Crippen LogP contribution in [0.15, 0.2) is 53.4 Å². The summed E-state index contributed by atoms with van der Waals surface area (Å²) >= 11 is 12.1. The van der Waals surface area contributed by atoms with E-state index in [1.165, 1.54) is 12.1 Å². The maximum Gasteiger partial charge on any atom is 0.185 e. The zero-order chi connectivity index (χ0) is 17.5. The van der Waals surface area contributed by atoms with Gasteiger partial charge in [0.1, 0.15) is 10.1 Å². The highest BCUT2D eigenvalue weighted by Crippen LogP contribution is 2.59. The van der Waals surface area contributed by atoms with Crippen LogP contribution >= 0.6 is 23.2 Å². The Labute approximate surface area is 151 Å². The van der Waals surface area contributed by atoms with Crippen LogP contribution in [0.2, 0.25) is 0 Å². The maximum absolute atomic E-state index is 12.3. The van der Waals surface area contributed by atoms with Gasteiger partial charge in [0.25, 0.3) is 0 Å². The first-order valence-electron chi connectivity index (χ1n) is 7.49. The zero-order valence-electron chi connectivity index (χ0n) is 13.0. The van der Waals surface area contributed by atoms with Crippen molar-refractivity contribution >= 4 is 38.8 Å². The predicted molar refractivity (Wildman–Crippen MR) is 95.8 cm³/mol. The van der Waals surface area contributed by atoms with Crippen molar-refractivity contribution in [3.8, 4) is 0 Å². The van der Waals surface area contributed by atoms with Gasteiger partial charge in [0.05, 0.1) is 4.90 Å². The molecule has 1 aliphatic rings. The first kappa shape index (κ1) is 17.5. The lowest BCUT2D eigenvalue weighted by Gasteiger charge is -2.06. The van der Waals surface area contributed by atoms with Gasteiger partial charge in [-0.25, -0.2) is 8.42 Å². The molecule has 0 spiro atoms. The molecule has 0 aliphatic heterocycles. The average Bonchev–Trinajstić information content (AvgIpc) is 3.16. The van der Waals surface area contributed by atoms with Crippen LogP contribution in [0.1, 0.15) is 33.8 Å². The summed E-state index contributed by atoms with van der Waals surface area (Å²) in [5, 5.41) is 0. The van der Waals surface area contributed by atoms with Crippen molar-refractivity contribution < 1.29 is 13.2 Å². The number of ketones is 1. The number of carbonyl (C=O) groups excluding carboxylic acids is 1. The normalized spacial score (nSPS) is 19.0. The molecule has 0 N–H and O–H groups in total. The van der Waals surface area contributed by atoms with Crippen molar-refractivity contribution in [2.45, 2.75) is 28.5 Å². The van der Waals surface area contributed by atoms with Crippen LogP contribution in [0.5, 0.6) is 0 Å². The van der Waals surface area contributed by atoms with Crippen LogP contribution in [0.4, 0.5) is 0 Å². The maximum atomic E-state index is 12.3. The third-order valence-electron chi connectivity index (χ3n) is 4.16. The molecule has 24 heavy (non-hydrogen) atoms. The van der Waals surface area contributed by atoms with Crippen LogP contribution in [0.25, 0.3) is 0 Å². The SMILES string of the molecule is Cc1ccc(S(=O)(=O)CC(=O)c2ccc([C@H]3CC3(Cl)Cl)cc2)cc1. The molecule has 0 radical (unpaired) electrons. The number of aryl methyl sites for hydroxylation is 1. The number of hydrogen-bond donors (Lipinski definition) is 0. The van der Waals surface area contributed by atoms with Crippen LogP contribution in [-0.4, -0.2) is 24.3 Å². The standard InChI is InChI=1S/C18H16Cl2O3S/c1-12-2-8-15(9-3-12)24(22,23)11-17(21)14-6-4-13(5-7-14)16-10-18(16,19)20/h2-9,16H,10-11H2,1H3/t16-/m1/s1. The molecule has 1 aliphatic carbocycles. The largest absolute Gasteiger partial charge is 0.293 e. The summed E-state index contributed by atoms with van der Waals surface area (Å²) in [6.45, 7) is 1.87. The quantitative estimate of drug-likeness (QED) is 0.571. The van der Waals surface area contributed by atoms with Crippen molar-refractivity contribution in [3.05, 3.63) is 65.2 Å². The van der Waals surface area contributed by atoms with Gasteiger partial charge >= 0.3 is 0 Å². The van der Waals surface area contributed by atoms with Gasteiger partial charge in [-0.3, -0.25) is 4.79 Å². The fourth-order valence-electron chi connectivity index (χ4n) is 2.56. The molecule has 2 aromatic rings. The number of Topliss-reactive ketones (excluding diaryl/α,β-unsaturated/α-hetero) is 1. The highest BCUT2D eigenvalue weighted by atomic mass is 35.5. The van der Waals surface area contributed by atoms with E-state index in [0.717, 1.165) is 11.1 Å². The van der Waals surface area contributed by atoms with Gasteiger partial charge in [0, 0.05) is 11.5 Å². The predicted octanol–water partition coefficient (Wildman–Crippen LogP) is 4.31. The van der Waals surface area contributed by atoms with Gasteiger partial charge < -0.3 is 0 Å². The Hall–Kier alpha value is -1.36. The first-order valence-corrected chi connectivity index (χ1v) is 9.90. The summed E-state index contributed by atoms with van der Waals surface area (Å²) in [5.74, 6) is -0.907. The second-order valence-electron chi connectivity index (χ2n) is 6.14. The Morgan fingerprint density at radius 2 is 1.62 bits per heavy atom. The molecular weight excluding hydrogens is 367 g/mol. The fourth-order valence-corrected chi connectivity index (χ4v) is 4.35. The fraction of sp³-hybridized carbons (Fsp3) is 0.278. The molecule has 2 aromatic carbocycles. The zero-order valence-corrected chi connectivity index (χ0v) is 15.3. The lowest BCUT2D eigenvalue weighted by molar-refractivity contribution is 0.102. The molecule has 1 saturated carbocycles. The molecule has 0 heterocycles. The Kier molecular flexibility index (Phi) is 4.49. The summed E-state index contributed by atoms with van der Waals surface area (Å²) in [7, 11) is -3.65. The summed E-state index contributed by atoms with van der Waals surface area (Å²) in [6, 6.07) is 13.3. The van der Waals surface area contributed by atoms with Crippen molar-refractivity contribution in [1.29, 1.82) is 0 Å². The lowest BCUT2D eigenvalue weighted by atomic mass is 10.1. The Morgan fingerprint density at radius 1 is 1.08 bits per heavy atom. The molecule has 0 amide bonds. The average molecular weight is 383 g/mol. The van der Waals surface area contributed by atoms with Crippen molar-refractivity contribution in [3.63, 3.8) is 0 Å². The van der Waals surface area contributed by atoms with Crippen molar-refractivity contribution in [1.82, 2.24) is 0 Å². The number of benzene rings is 2. The van der Waals surface area contributed by atoms with E-state index in [1.807, 2.05) is 6.92 Å². The van der Waals surface area contributed by atoms with E-state index in [2.05, 4.69) is 0 Å². The van der Waals surface area contributed by atoms with Gasteiger partial charge in [-0.15, -0.1) is 23.2 Å². The van der Waals surface area contributed by atoms with Crippen LogP contribution in [0, 0.1) is 6.92 Å². The second-order valence-corrected chi connectivity index (χ2v) is 9.67. The molecule has 126 valence electrons. The van der Waals surface area contributed by atoms with E-state index in [-0.39, 0.29) is 10.8 Å². The monoisotopic (exact) mass is 382 g/mol. The smallest absolute Gasteiger partial charge is 0.185 e. The molecule has 0 aromatic heterocycles. The molecule has 3 rings (SSSR count). The minimum atomic E-state index is -3.65.